The molecule has 0 aliphatic carbocycles. The first-order valence-electron chi connectivity index (χ1n) is 12.9. The van der Waals surface area contributed by atoms with E-state index in [4.69, 9.17) is 5.11 Å². The van der Waals surface area contributed by atoms with Gasteiger partial charge in [0.1, 0.15) is 5.52 Å². The number of carboxylic acid groups (broad SMARTS) is 1. The van der Waals surface area contributed by atoms with Crippen LogP contribution in [0.4, 0.5) is 18.9 Å². The van der Waals surface area contributed by atoms with E-state index in [0.29, 0.717) is 30.6 Å². The van der Waals surface area contributed by atoms with Gasteiger partial charge in [-0.1, -0.05) is 85.8 Å². The van der Waals surface area contributed by atoms with Crippen LogP contribution in [0.25, 0.3) is 22.2 Å². The molecule has 1 atom stereocenters. The van der Waals surface area contributed by atoms with E-state index in [9.17, 15) is 18.0 Å². The molecule has 1 heterocycles. The van der Waals surface area contributed by atoms with Crippen molar-refractivity contribution in [2.45, 2.75) is 32.6 Å². The van der Waals surface area contributed by atoms with E-state index in [1.165, 1.54) is 6.07 Å². The van der Waals surface area contributed by atoms with Gasteiger partial charge < -0.3 is 10.4 Å². The molecular formula is C32H28F3N3O2. The number of alkyl halides is 3. The molecule has 0 bridgehead atoms. The molecule has 0 fully saturated rings. The second-order valence-corrected chi connectivity index (χ2v) is 9.89. The number of halogens is 3. The predicted molar refractivity (Wildman–Crippen MR) is 150 cm³/mol. The summed E-state index contributed by atoms with van der Waals surface area (Å²) in [5.41, 5.74) is 4.26. The van der Waals surface area contributed by atoms with E-state index in [1.54, 1.807) is 17.7 Å². The molecule has 5 nitrogen and oxygen atoms in total. The van der Waals surface area contributed by atoms with Gasteiger partial charge in [-0.3, -0.25) is 9.48 Å². The van der Waals surface area contributed by atoms with Gasteiger partial charge in [-0.05, 0) is 41.3 Å². The Bertz CT molecular complexity index is 1630. The molecule has 1 aromatic heterocycles. The van der Waals surface area contributed by atoms with Crippen molar-refractivity contribution < 1.29 is 23.1 Å². The second kappa shape index (κ2) is 11.3. The molecule has 1 unspecified atom stereocenters. The normalized spacial score (nSPS) is 12.4. The Kier molecular flexibility index (Phi) is 7.60. The number of carbonyl (C=O) groups is 1. The molecule has 0 spiro atoms. The monoisotopic (exact) mass is 543 g/mol. The molecule has 0 saturated carbocycles. The molecule has 40 heavy (non-hydrogen) atoms. The number of rotatable bonds is 9. The van der Waals surface area contributed by atoms with E-state index < -0.39 is 23.6 Å². The van der Waals surface area contributed by atoms with E-state index in [1.807, 2.05) is 78.9 Å². The summed E-state index contributed by atoms with van der Waals surface area (Å²) in [6.45, 7) is 2.54. The largest absolute Gasteiger partial charge is 0.481 e. The summed E-state index contributed by atoms with van der Waals surface area (Å²) in [6, 6.07) is 29.0. The summed E-state index contributed by atoms with van der Waals surface area (Å²) in [4.78, 5) is 11.1. The highest BCUT2D eigenvalue weighted by Gasteiger charge is 2.34. The number of fused-ring (bicyclic) bond motifs is 1. The maximum Gasteiger partial charge on any atom is 0.418 e. The first-order valence-corrected chi connectivity index (χ1v) is 12.9. The van der Waals surface area contributed by atoms with Crippen LogP contribution in [-0.4, -0.2) is 20.9 Å². The quantitative estimate of drug-likeness (QED) is 0.200. The summed E-state index contributed by atoms with van der Waals surface area (Å²) < 4.78 is 43.2. The third-order valence-corrected chi connectivity index (χ3v) is 6.87. The smallest absolute Gasteiger partial charge is 0.418 e. The first-order chi connectivity index (χ1) is 19.2. The number of anilines is 1. The molecule has 0 saturated heterocycles. The van der Waals surface area contributed by atoms with Gasteiger partial charge in [0.15, 0.2) is 0 Å². The van der Waals surface area contributed by atoms with Crippen LogP contribution in [-0.2, 0) is 30.5 Å². The van der Waals surface area contributed by atoms with Crippen LogP contribution in [0.15, 0.2) is 97.1 Å². The molecule has 204 valence electrons. The zero-order valence-corrected chi connectivity index (χ0v) is 21.8. The van der Waals surface area contributed by atoms with Crippen molar-refractivity contribution in [3.63, 3.8) is 0 Å². The van der Waals surface area contributed by atoms with Gasteiger partial charge >= 0.3 is 12.1 Å². The highest BCUT2D eigenvalue weighted by molar-refractivity contribution is 5.95. The van der Waals surface area contributed by atoms with Crippen molar-refractivity contribution in [2.75, 3.05) is 5.32 Å². The fourth-order valence-electron chi connectivity index (χ4n) is 4.77. The van der Waals surface area contributed by atoms with Crippen molar-refractivity contribution in [3.05, 3.63) is 119 Å². The van der Waals surface area contributed by atoms with Crippen molar-refractivity contribution in [2.24, 2.45) is 5.92 Å². The Morgan fingerprint density at radius 2 is 1.60 bits per heavy atom. The second-order valence-electron chi connectivity index (χ2n) is 9.89. The number of hydrogen-bond acceptors (Lipinski definition) is 3. The van der Waals surface area contributed by atoms with Crippen LogP contribution >= 0.6 is 0 Å². The highest BCUT2D eigenvalue weighted by Crippen LogP contribution is 2.38. The fourth-order valence-corrected chi connectivity index (χ4v) is 4.77. The summed E-state index contributed by atoms with van der Waals surface area (Å²) in [5.74, 6) is -1.27. The Morgan fingerprint density at radius 1 is 0.900 bits per heavy atom. The minimum atomic E-state index is -4.52. The lowest BCUT2D eigenvalue weighted by Crippen LogP contribution is -2.12. The summed E-state index contributed by atoms with van der Waals surface area (Å²) in [7, 11) is 0. The van der Waals surface area contributed by atoms with Crippen molar-refractivity contribution in [1.82, 2.24) is 9.78 Å². The van der Waals surface area contributed by atoms with Crippen molar-refractivity contribution >= 4 is 22.6 Å². The van der Waals surface area contributed by atoms with Gasteiger partial charge in [-0.25, -0.2) is 0 Å². The number of nitrogens with zero attached hydrogens (tertiary/aromatic N) is 2. The van der Waals surface area contributed by atoms with Crippen molar-refractivity contribution in [1.29, 1.82) is 0 Å². The zero-order valence-electron chi connectivity index (χ0n) is 21.8. The summed E-state index contributed by atoms with van der Waals surface area (Å²) in [6.07, 6.45) is -4.06. The van der Waals surface area contributed by atoms with E-state index >= 15 is 0 Å². The molecule has 0 amide bonds. The molecule has 0 aliphatic heterocycles. The third-order valence-electron chi connectivity index (χ3n) is 6.87. The number of hydrogen-bond donors (Lipinski definition) is 2. The van der Waals surface area contributed by atoms with Gasteiger partial charge in [-0.2, -0.15) is 18.3 Å². The average Bonchev–Trinajstić information content (AvgIpc) is 3.30. The van der Waals surface area contributed by atoms with Crippen LogP contribution in [0.1, 0.15) is 29.2 Å². The minimum absolute atomic E-state index is 0.0726. The zero-order chi connectivity index (χ0) is 28.3. The summed E-state index contributed by atoms with van der Waals surface area (Å²) >= 11 is 0. The van der Waals surface area contributed by atoms with Crippen LogP contribution in [0.5, 0.6) is 0 Å². The van der Waals surface area contributed by atoms with Crippen molar-refractivity contribution in [3.8, 4) is 11.3 Å². The lowest BCUT2D eigenvalue weighted by Gasteiger charge is -2.12. The van der Waals surface area contributed by atoms with E-state index in [-0.39, 0.29) is 5.52 Å². The van der Waals surface area contributed by atoms with E-state index in [0.717, 1.165) is 34.0 Å². The number of carboxylic acids is 1. The fraction of sp³-hybridized carbons (Fsp3) is 0.188. The molecular weight excluding hydrogens is 515 g/mol. The molecule has 8 heteroatoms. The highest BCUT2D eigenvalue weighted by atomic mass is 19.4. The van der Waals surface area contributed by atoms with Crippen LogP contribution in [0.2, 0.25) is 0 Å². The summed E-state index contributed by atoms with van der Waals surface area (Å²) in [5, 5.41) is 17.4. The predicted octanol–water partition coefficient (Wildman–Crippen LogP) is 7.65. The van der Waals surface area contributed by atoms with Crippen LogP contribution in [0.3, 0.4) is 0 Å². The minimum Gasteiger partial charge on any atom is -0.481 e. The van der Waals surface area contributed by atoms with Crippen LogP contribution < -0.4 is 5.32 Å². The number of aromatic nitrogens is 2. The first kappa shape index (κ1) is 27.0. The maximum atomic E-state index is 13.9. The third kappa shape index (κ3) is 6.01. The van der Waals surface area contributed by atoms with E-state index in [2.05, 4.69) is 10.4 Å². The lowest BCUT2D eigenvalue weighted by atomic mass is 10.0. The molecule has 5 aromatic rings. The van der Waals surface area contributed by atoms with Crippen LogP contribution in [0, 0.1) is 5.92 Å². The van der Waals surface area contributed by atoms with Gasteiger partial charge in [0.25, 0.3) is 0 Å². The average molecular weight is 544 g/mol. The number of aliphatic carboxylic acids is 1. The molecule has 0 aliphatic rings. The van der Waals surface area contributed by atoms with Gasteiger partial charge in [-0.15, -0.1) is 0 Å². The lowest BCUT2D eigenvalue weighted by molar-refractivity contribution is -0.141. The van der Waals surface area contributed by atoms with Gasteiger partial charge in [0.2, 0.25) is 0 Å². The Labute approximate surface area is 229 Å². The maximum absolute atomic E-state index is 13.9. The number of nitrogens with one attached hydrogen (secondary N) is 1. The Balaban J connectivity index is 1.44. The molecule has 4 aromatic carbocycles. The van der Waals surface area contributed by atoms with Gasteiger partial charge in [0, 0.05) is 23.2 Å². The topological polar surface area (TPSA) is 67.2 Å². The SMILES string of the molecule is CC(Cc1ccc(CNc2cccc(-c3c4cccc(C(F)(F)F)c4nn3Cc3ccccc3)c2)cc1)C(=O)O. The standard InChI is InChI=1S/C32H28F3N3O2/c1-21(31(39)40)17-22-13-15-23(16-14-22)19-36-26-10-5-9-25(18-26)30-27-11-6-12-28(32(33,34)35)29(27)37-38(30)20-24-7-3-2-4-8-24/h2-16,18,21,36H,17,19-20H2,1H3,(H,39,40). The molecule has 5 rings (SSSR count). The Morgan fingerprint density at radius 3 is 2.30 bits per heavy atom. The molecule has 2 N–H and O–H groups in total. The Hall–Kier alpha value is -4.59. The molecule has 0 radical (unpaired) electrons. The van der Waals surface area contributed by atoms with Gasteiger partial charge in [0.05, 0.1) is 23.7 Å². The number of benzene rings is 4.